The Morgan fingerprint density at radius 2 is 1.76 bits per heavy atom. The third-order valence-corrected chi connectivity index (χ3v) is 4.48. The summed E-state index contributed by atoms with van der Waals surface area (Å²) in [7, 11) is 0. The number of hydrogen-bond acceptors (Lipinski definition) is 2. The average Bonchev–Trinajstić information content (AvgIpc) is 2.44. The number of nitrogens with one attached hydrogen (secondary N) is 1. The van der Waals surface area contributed by atoms with Crippen LogP contribution in [-0.4, -0.2) is 31.1 Å². The Labute approximate surface area is 142 Å². The molecule has 0 amide bonds. The van der Waals surface area contributed by atoms with Crippen molar-refractivity contribution in [1.82, 2.24) is 10.2 Å². The van der Waals surface area contributed by atoms with Gasteiger partial charge >= 0.3 is 0 Å². The van der Waals surface area contributed by atoms with E-state index < -0.39 is 0 Å². The zero-order valence-corrected chi connectivity index (χ0v) is 15.3. The standard InChI is InChI=1S/C17H28N2.2ClH/c1-5-14(3)17(19-10-8-18-9-11-19)16-12-13(2)6-7-15(16)4;;/h6-7,12,14,17-18H,5,8-11H2,1-4H3;2*1H/t14?,17-;;/m0../s1. The predicted octanol–water partition coefficient (Wildman–Crippen LogP) is 4.14. The van der Waals surface area contributed by atoms with Crippen molar-refractivity contribution in [2.75, 3.05) is 26.2 Å². The van der Waals surface area contributed by atoms with E-state index in [1.807, 2.05) is 0 Å². The Morgan fingerprint density at radius 1 is 1.14 bits per heavy atom. The summed E-state index contributed by atoms with van der Waals surface area (Å²) >= 11 is 0. The molecule has 2 rings (SSSR count). The van der Waals surface area contributed by atoms with E-state index >= 15 is 0 Å². The Kier molecular flexibility index (Phi) is 9.55. The van der Waals surface area contributed by atoms with Gasteiger partial charge in [0.15, 0.2) is 0 Å². The van der Waals surface area contributed by atoms with E-state index in [0.717, 1.165) is 13.1 Å². The molecule has 122 valence electrons. The minimum absolute atomic E-state index is 0. The van der Waals surface area contributed by atoms with Gasteiger partial charge in [-0.15, -0.1) is 24.8 Å². The summed E-state index contributed by atoms with van der Waals surface area (Å²) in [6.45, 7) is 13.8. The molecule has 0 saturated carbocycles. The maximum absolute atomic E-state index is 3.46. The van der Waals surface area contributed by atoms with Gasteiger partial charge in [0.2, 0.25) is 0 Å². The molecule has 1 aliphatic rings. The van der Waals surface area contributed by atoms with E-state index in [-0.39, 0.29) is 24.8 Å². The molecule has 0 spiro atoms. The highest BCUT2D eigenvalue weighted by Crippen LogP contribution is 2.33. The minimum Gasteiger partial charge on any atom is -0.314 e. The molecule has 0 bridgehead atoms. The predicted molar refractivity (Wildman–Crippen MR) is 97.1 cm³/mol. The van der Waals surface area contributed by atoms with Gasteiger partial charge < -0.3 is 5.32 Å². The van der Waals surface area contributed by atoms with Gasteiger partial charge in [-0.3, -0.25) is 4.90 Å². The quantitative estimate of drug-likeness (QED) is 0.891. The molecular formula is C17H30Cl2N2. The zero-order chi connectivity index (χ0) is 13.8. The van der Waals surface area contributed by atoms with Crippen LogP contribution < -0.4 is 5.32 Å². The van der Waals surface area contributed by atoms with Gasteiger partial charge in [0.1, 0.15) is 0 Å². The molecule has 21 heavy (non-hydrogen) atoms. The maximum Gasteiger partial charge on any atom is 0.0377 e. The molecule has 1 N–H and O–H groups in total. The lowest BCUT2D eigenvalue weighted by atomic mass is 9.87. The molecule has 1 aromatic carbocycles. The number of piperazine rings is 1. The van der Waals surface area contributed by atoms with Crippen LogP contribution in [0.5, 0.6) is 0 Å². The topological polar surface area (TPSA) is 15.3 Å². The van der Waals surface area contributed by atoms with E-state index in [1.54, 1.807) is 0 Å². The highest BCUT2D eigenvalue weighted by atomic mass is 35.5. The number of benzene rings is 1. The van der Waals surface area contributed by atoms with E-state index in [0.29, 0.717) is 12.0 Å². The van der Waals surface area contributed by atoms with E-state index in [2.05, 4.69) is 56.1 Å². The van der Waals surface area contributed by atoms with Gasteiger partial charge in [0, 0.05) is 32.2 Å². The van der Waals surface area contributed by atoms with Gasteiger partial charge in [-0.1, -0.05) is 44.0 Å². The number of hydrogen-bond donors (Lipinski definition) is 1. The van der Waals surface area contributed by atoms with E-state index in [4.69, 9.17) is 0 Å². The molecule has 1 aromatic rings. The van der Waals surface area contributed by atoms with E-state index in [1.165, 1.54) is 36.2 Å². The first-order valence-electron chi connectivity index (χ1n) is 7.65. The van der Waals surface area contributed by atoms with Gasteiger partial charge in [-0.2, -0.15) is 0 Å². The maximum atomic E-state index is 3.46. The normalized spacial score (nSPS) is 18.3. The third-order valence-electron chi connectivity index (χ3n) is 4.48. The molecule has 1 unspecified atom stereocenters. The van der Waals surface area contributed by atoms with Crippen molar-refractivity contribution in [1.29, 1.82) is 0 Å². The van der Waals surface area contributed by atoms with Crippen LogP contribution >= 0.6 is 24.8 Å². The number of nitrogens with zero attached hydrogens (tertiary/aromatic N) is 1. The van der Waals surface area contributed by atoms with Gasteiger partial charge in [0.25, 0.3) is 0 Å². The largest absolute Gasteiger partial charge is 0.314 e. The van der Waals surface area contributed by atoms with Crippen LogP contribution in [0.1, 0.15) is 43.0 Å². The number of rotatable bonds is 4. The lowest BCUT2D eigenvalue weighted by Gasteiger charge is -2.39. The first-order valence-corrected chi connectivity index (χ1v) is 7.65. The lowest BCUT2D eigenvalue weighted by molar-refractivity contribution is 0.128. The van der Waals surface area contributed by atoms with Crippen molar-refractivity contribution in [3.63, 3.8) is 0 Å². The summed E-state index contributed by atoms with van der Waals surface area (Å²) in [6.07, 6.45) is 1.24. The SMILES string of the molecule is CCC(C)[C@@H](c1cc(C)ccc1C)N1CCNCC1.Cl.Cl. The summed E-state index contributed by atoms with van der Waals surface area (Å²) in [5.41, 5.74) is 4.36. The molecule has 1 heterocycles. The Bertz CT molecular complexity index is 417. The Morgan fingerprint density at radius 3 is 2.33 bits per heavy atom. The highest BCUT2D eigenvalue weighted by Gasteiger charge is 2.27. The molecule has 0 aliphatic carbocycles. The van der Waals surface area contributed by atoms with Gasteiger partial charge in [0.05, 0.1) is 0 Å². The van der Waals surface area contributed by atoms with Crippen LogP contribution in [0.25, 0.3) is 0 Å². The van der Waals surface area contributed by atoms with Gasteiger partial charge in [-0.25, -0.2) is 0 Å². The molecular weight excluding hydrogens is 303 g/mol. The molecule has 4 heteroatoms. The van der Waals surface area contributed by atoms with Crippen LogP contribution in [0.15, 0.2) is 18.2 Å². The molecule has 1 aliphatic heterocycles. The van der Waals surface area contributed by atoms with Gasteiger partial charge in [-0.05, 0) is 30.9 Å². The molecule has 2 nitrogen and oxygen atoms in total. The van der Waals surface area contributed by atoms with Crippen molar-refractivity contribution in [2.24, 2.45) is 5.92 Å². The summed E-state index contributed by atoms with van der Waals surface area (Å²) in [5.74, 6) is 0.707. The fourth-order valence-electron chi connectivity index (χ4n) is 3.13. The van der Waals surface area contributed by atoms with Crippen molar-refractivity contribution < 1.29 is 0 Å². The average molecular weight is 333 g/mol. The number of halogens is 2. The summed E-state index contributed by atoms with van der Waals surface area (Å²) < 4.78 is 0. The zero-order valence-electron chi connectivity index (χ0n) is 13.7. The minimum atomic E-state index is 0. The molecule has 0 radical (unpaired) electrons. The van der Waals surface area contributed by atoms with Crippen LogP contribution in [0.2, 0.25) is 0 Å². The van der Waals surface area contributed by atoms with Crippen LogP contribution in [0.4, 0.5) is 0 Å². The summed E-state index contributed by atoms with van der Waals surface area (Å²) in [5, 5.41) is 3.46. The molecule has 0 aromatic heterocycles. The lowest BCUT2D eigenvalue weighted by Crippen LogP contribution is -2.46. The first kappa shape index (κ1) is 20.7. The molecule has 1 saturated heterocycles. The second-order valence-corrected chi connectivity index (χ2v) is 5.98. The smallest absolute Gasteiger partial charge is 0.0377 e. The van der Waals surface area contributed by atoms with E-state index in [9.17, 15) is 0 Å². The van der Waals surface area contributed by atoms with Crippen LogP contribution in [0.3, 0.4) is 0 Å². The second kappa shape index (κ2) is 9.68. The Hall–Kier alpha value is -0.280. The number of aryl methyl sites for hydroxylation is 2. The fourth-order valence-corrected chi connectivity index (χ4v) is 3.13. The van der Waals surface area contributed by atoms with Crippen molar-refractivity contribution in [3.8, 4) is 0 Å². The van der Waals surface area contributed by atoms with Crippen LogP contribution in [-0.2, 0) is 0 Å². The van der Waals surface area contributed by atoms with Crippen LogP contribution in [0, 0.1) is 19.8 Å². The third kappa shape index (κ3) is 5.14. The Balaban J connectivity index is 0.00000200. The first-order chi connectivity index (χ1) is 9.13. The summed E-state index contributed by atoms with van der Waals surface area (Å²) in [6, 6.07) is 7.48. The highest BCUT2D eigenvalue weighted by molar-refractivity contribution is 5.85. The molecule has 2 atom stereocenters. The fraction of sp³-hybridized carbons (Fsp3) is 0.647. The monoisotopic (exact) mass is 332 g/mol. The molecule has 1 fully saturated rings. The van der Waals surface area contributed by atoms with Crippen molar-refractivity contribution in [2.45, 2.75) is 40.2 Å². The van der Waals surface area contributed by atoms with Crippen molar-refractivity contribution >= 4 is 24.8 Å². The second-order valence-electron chi connectivity index (χ2n) is 5.98. The van der Waals surface area contributed by atoms with Crippen molar-refractivity contribution in [3.05, 3.63) is 34.9 Å². The summed E-state index contributed by atoms with van der Waals surface area (Å²) in [4.78, 5) is 2.67.